The molecule has 2 aromatic rings. The average molecular weight is 358 g/mol. The van der Waals surface area contributed by atoms with Crippen molar-refractivity contribution in [2.45, 2.75) is 13.1 Å². The van der Waals surface area contributed by atoms with E-state index in [1.54, 1.807) is 14.2 Å². The Morgan fingerprint density at radius 1 is 1.12 bits per heavy atom. The molecule has 0 aliphatic rings. The number of aliphatic imine (C=N–C) groups is 1. The van der Waals surface area contributed by atoms with E-state index in [1.807, 2.05) is 43.4 Å². The fourth-order valence-electron chi connectivity index (χ4n) is 2.53. The zero-order valence-electron chi connectivity index (χ0n) is 15.6. The van der Waals surface area contributed by atoms with Crippen LogP contribution in [-0.4, -0.2) is 45.2 Å². The summed E-state index contributed by atoms with van der Waals surface area (Å²) in [7, 11) is 5.45. The molecule has 0 aliphatic heterocycles. The van der Waals surface area contributed by atoms with Crippen LogP contribution < -0.4 is 15.4 Å². The van der Waals surface area contributed by atoms with Gasteiger partial charge in [-0.3, -0.25) is 4.99 Å². The molecule has 0 aromatic heterocycles. The molecule has 2 aromatic carbocycles. The van der Waals surface area contributed by atoms with Gasteiger partial charge in [-0.05, 0) is 42.4 Å². The number of hydrogen-bond donors (Lipinski definition) is 2. The van der Waals surface area contributed by atoms with Crippen LogP contribution in [0.25, 0.3) is 0 Å². The molecule has 5 nitrogen and oxygen atoms in total. The summed E-state index contributed by atoms with van der Waals surface area (Å²) in [6.45, 7) is 3.05. The first-order chi connectivity index (χ1) is 12.6. The minimum absolute atomic E-state index is 0.205. The van der Waals surface area contributed by atoms with Crippen LogP contribution in [0.5, 0.6) is 5.75 Å². The van der Waals surface area contributed by atoms with E-state index in [-0.39, 0.29) is 5.82 Å². The Morgan fingerprint density at radius 3 is 2.58 bits per heavy atom. The van der Waals surface area contributed by atoms with E-state index in [0.717, 1.165) is 42.5 Å². The summed E-state index contributed by atoms with van der Waals surface area (Å²) in [5, 5.41) is 6.59. The number of nitrogens with one attached hydrogen (secondary N) is 2. The molecule has 0 bridgehead atoms. The van der Waals surface area contributed by atoms with Crippen LogP contribution in [0, 0.1) is 5.82 Å². The van der Waals surface area contributed by atoms with Crippen molar-refractivity contribution in [3.8, 4) is 5.75 Å². The predicted octanol–water partition coefficient (Wildman–Crippen LogP) is 2.63. The van der Waals surface area contributed by atoms with Crippen molar-refractivity contribution in [1.82, 2.24) is 15.5 Å². The fourth-order valence-corrected chi connectivity index (χ4v) is 2.53. The Bertz CT molecular complexity index is 703. The van der Waals surface area contributed by atoms with Gasteiger partial charge >= 0.3 is 0 Å². The molecule has 0 radical (unpaired) electrons. The number of halogens is 1. The van der Waals surface area contributed by atoms with Crippen molar-refractivity contribution in [3.05, 3.63) is 65.5 Å². The molecule has 2 N–H and O–H groups in total. The van der Waals surface area contributed by atoms with Gasteiger partial charge in [-0.1, -0.05) is 24.3 Å². The molecule has 0 heterocycles. The molecular formula is C20H27FN4O. The fraction of sp³-hybridized carbons (Fsp3) is 0.350. The van der Waals surface area contributed by atoms with Crippen LogP contribution in [0.3, 0.4) is 0 Å². The third-order valence-electron chi connectivity index (χ3n) is 3.97. The molecule has 0 aliphatic carbocycles. The Labute approximate surface area is 154 Å². The standard InChI is InChI=1S/C20H27FN4O/c1-22-20(24-14-17-5-4-6-19(13-17)26-3)23-11-12-25(2)15-16-7-9-18(21)10-8-16/h4-10,13H,11-12,14-15H2,1-3H3,(H2,22,23,24). The van der Waals surface area contributed by atoms with Gasteiger partial charge in [0.25, 0.3) is 0 Å². The topological polar surface area (TPSA) is 48.9 Å². The molecule has 0 fully saturated rings. The van der Waals surface area contributed by atoms with Crippen LogP contribution in [0.2, 0.25) is 0 Å². The largest absolute Gasteiger partial charge is 0.497 e. The molecule has 0 amide bonds. The number of hydrogen-bond acceptors (Lipinski definition) is 3. The minimum atomic E-state index is -0.205. The molecule has 0 saturated carbocycles. The van der Waals surface area contributed by atoms with Crippen molar-refractivity contribution in [1.29, 1.82) is 0 Å². The van der Waals surface area contributed by atoms with E-state index in [9.17, 15) is 4.39 Å². The Hall–Kier alpha value is -2.60. The highest BCUT2D eigenvalue weighted by Gasteiger charge is 2.03. The first-order valence-corrected chi connectivity index (χ1v) is 8.61. The maximum Gasteiger partial charge on any atom is 0.191 e. The van der Waals surface area contributed by atoms with Gasteiger partial charge in [0.1, 0.15) is 11.6 Å². The van der Waals surface area contributed by atoms with Gasteiger partial charge < -0.3 is 20.3 Å². The monoisotopic (exact) mass is 358 g/mol. The molecule has 2 rings (SSSR count). The summed E-state index contributed by atoms with van der Waals surface area (Å²) in [5.74, 6) is 1.39. The Balaban J connectivity index is 1.71. The molecule has 0 saturated heterocycles. The maximum absolute atomic E-state index is 12.9. The Kier molecular flexibility index (Phi) is 7.89. The van der Waals surface area contributed by atoms with Crippen LogP contribution in [-0.2, 0) is 13.1 Å². The molecule has 0 atom stereocenters. The highest BCUT2D eigenvalue weighted by molar-refractivity contribution is 5.79. The molecule has 26 heavy (non-hydrogen) atoms. The summed E-state index contributed by atoms with van der Waals surface area (Å²) in [6.07, 6.45) is 0. The summed E-state index contributed by atoms with van der Waals surface area (Å²) in [4.78, 5) is 6.42. The number of guanidine groups is 1. The van der Waals surface area contributed by atoms with E-state index in [1.165, 1.54) is 12.1 Å². The molecular weight excluding hydrogens is 331 g/mol. The third-order valence-corrected chi connectivity index (χ3v) is 3.97. The second kappa shape index (κ2) is 10.4. The smallest absolute Gasteiger partial charge is 0.191 e. The molecule has 6 heteroatoms. The minimum Gasteiger partial charge on any atom is -0.497 e. The number of benzene rings is 2. The first-order valence-electron chi connectivity index (χ1n) is 8.61. The number of likely N-dealkylation sites (N-methyl/N-ethyl adjacent to an activating group) is 1. The average Bonchev–Trinajstić information content (AvgIpc) is 2.66. The zero-order chi connectivity index (χ0) is 18.8. The normalized spacial score (nSPS) is 11.5. The lowest BCUT2D eigenvalue weighted by molar-refractivity contribution is 0.331. The second-order valence-electron chi connectivity index (χ2n) is 6.07. The first kappa shape index (κ1) is 19.7. The molecule has 0 unspecified atom stereocenters. The number of nitrogens with zero attached hydrogens (tertiary/aromatic N) is 2. The lowest BCUT2D eigenvalue weighted by Crippen LogP contribution is -2.40. The van der Waals surface area contributed by atoms with Crippen molar-refractivity contribution >= 4 is 5.96 Å². The predicted molar refractivity (Wildman–Crippen MR) is 104 cm³/mol. The summed E-state index contributed by atoms with van der Waals surface area (Å²) in [5.41, 5.74) is 2.22. The zero-order valence-corrected chi connectivity index (χ0v) is 15.6. The lowest BCUT2D eigenvalue weighted by Gasteiger charge is -2.18. The maximum atomic E-state index is 12.9. The van der Waals surface area contributed by atoms with Crippen LogP contribution in [0.4, 0.5) is 4.39 Å². The van der Waals surface area contributed by atoms with E-state index in [4.69, 9.17) is 4.74 Å². The van der Waals surface area contributed by atoms with E-state index >= 15 is 0 Å². The van der Waals surface area contributed by atoms with Gasteiger partial charge in [-0.15, -0.1) is 0 Å². The number of methoxy groups -OCH3 is 1. The van der Waals surface area contributed by atoms with Crippen molar-refractivity contribution < 1.29 is 9.13 Å². The summed E-state index contributed by atoms with van der Waals surface area (Å²) >= 11 is 0. The van der Waals surface area contributed by atoms with E-state index in [2.05, 4.69) is 20.5 Å². The summed E-state index contributed by atoms with van der Waals surface area (Å²) < 4.78 is 18.2. The van der Waals surface area contributed by atoms with Gasteiger partial charge in [-0.25, -0.2) is 4.39 Å². The van der Waals surface area contributed by atoms with Crippen LogP contribution in [0.1, 0.15) is 11.1 Å². The highest BCUT2D eigenvalue weighted by Crippen LogP contribution is 2.12. The number of rotatable bonds is 8. The van der Waals surface area contributed by atoms with E-state index < -0.39 is 0 Å². The van der Waals surface area contributed by atoms with E-state index in [0.29, 0.717) is 6.54 Å². The quantitative estimate of drug-likeness (QED) is 0.563. The van der Waals surface area contributed by atoms with Crippen molar-refractivity contribution in [3.63, 3.8) is 0 Å². The SMILES string of the molecule is CN=C(NCCN(C)Cc1ccc(F)cc1)NCc1cccc(OC)c1. The van der Waals surface area contributed by atoms with Crippen molar-refractivity contribution in [2.24, 2.45) is 4.99 Å². The Morgan fingerprint density at radius 2 is 1.88 bits per heavy atom. The van der Waals surface area contributed by atoms with Crippen molar-refractivity contribution in [2.75, 3.05) is 34.3 Å². The van der Waals surface area contributed by atoms with Crippen LogP contribution >= 0.6 is 0 Å². The summed E-state index contributed by atoms with van der Waals surface area (Å²) in [6, 6.07) is 14.5. The van der Waals surface area contributed by atoms with Crippen LogP contribution in [0.15, 0.2) is 53.5 Å². The van der Waals surface area contributed by atoms with Gasteiger partial charge in [0.15, 0.2) is 5.96 Å². The third kappa shape index (κ3) is 6.72. The second-order valence-corrected chi connectivity index (χ2v) is 6.07. The lowest BCUT2D eigenvalue weighted by atomic mass is 10.2. The number of ether oxygens (including phenoxy) is 1. The molecule has 0 spiro atoms. The van der Waals surface area contributed by atoms with Gasteiger partial charge in [0.2, 0.25) is 0 Å². The molecule has 140 valence electrons. The van der Waals surface area contributed by atoms with Gasteiger partial charge in [-0.2, -0.15) is 0 Å². The van der Waals surface area contributed by atoms with Gasteiger partial charge in [0.05, 0.1) is 7.11 Å². The highest BCUT2D eigenvalue weighted by atomic mass is 19.1. The van der Waals surface area contributed by atoms with Gasteiger partial charge in [0, 0.05) is 33.2 Å².